The molecule has 0 spiro atoms. The van der Waals surface area contributed by atoms with Crippen LogP contribution < -0.4 is 10.6 Å². The van der Waals surface area contributed by atoms with E-state index in [1.165, 1.54) is 4.88 Å². The minimum Gasteiger partial charge on any atom is -0.323 e. The van der Waals surface area contributed by atoms with Crippen LogP contribution in [0.3, 0.4) is 0 Å². The Morgan fingerprint density at radius 1 is 1.30 bits per heavy atom. The number of aryl methyl sites for hydroxylation is 2. The highest BCUT2D eigenvalue weighted by Crippen LogP contribution is 2.38. The normalized spacial score (nSPS) is 12.3. The summed E-state index contributed by atoms with van der Waals surface area (Å²) in [5.41, 5.74) is 3.44. The number of rotatable bonds is 2. The fourth-order valence-electron chi connectivity index (χ4n) is 2.63. The van der Waals surface area contributed by atoms with Crippen LogP contribution in [0.25, 0.3) is 0 Å². The van der Waals surface area contributed by atoms with E-state index < -0.39 is 0 Å². The van der Waals surface area contributed by atoms with Gasteiger partial charge in [-0.1, -0.05) is 17.7 Å². The lowest BCUT2D eigenvalue weighted by molar-refractivity contribution is 0.0978. The number of amides is 1. The molecule has 3 rings (SSSR count). The van der Waals surface area contributed by atoms with Crippen LogP contribution in [0.5, 0.6) is 0 Å². The van der Waals surface area contributed by atoms with Crippen molar-refractivity contribution in [3.05, 3.63) is 51.4 Å². The van der Waals surface area contributed by atoms with Crippen molar-refractivity contribution in [1.82, 2.24) is 5.32 Å². The van der Waals surface area contributed by atoms with E-state index in [1.54, 1.807) is 23.5 Å². The van der Waals surface area contributed by atoms with E-state index >= 15 is 0 Å². The molecule has 1 aliphatic rings. The molecule has 0 bridgehead atoms. The topological polar surface area (TPSA) is 64.9 Å². The molecule has 1 amide bonds. The van der Waals surface area contributed by atoms with Crippen LogP contribution in [-0.2, 0) is 12.8 Å². The van der Waals surface area contributed by atoms with Gasteiger partial charge in [0.1, 0.15) is 11.1 Å². The number of carbonyl (C=O) groups is 1. The van der Waals surface area contributed by atoms with Gasteiger partial charge in [0.25, 0.3) is 5.91 Å². The summed E-state index contributed by atoms with van der Waals surface area (Å²) in [6, 6.07) is 9.52. The average molecular weight is 341 g/mol. The molecule has 0 unspecified atom stereocenters. The SMILES string of the molecule is Cc1ccc(C(=O)NC(=S)Nc2sc3c(c2C#N)CCC3)cc1. The van der Waals surface area contributed by atoms with Crippen LogP contribution >= 0.6 is 23.6 Å². The second kappa shape index (κ2) is 6.49. The van der Waals surface area contributed by atoms with E-state index in [-0.39, 0.29) is 11.0 Å². The Balaban J connectivity index is 1.69. The summed E-state index contributed by atoms with van der Waals surface area (Å²) in [5.74, 6) is -0.259. The summed E-state index contributed by atoms with van der Waals surface area (Å²) in [4.78, 5) is 13.4. The Hall–Kier alpha value is -2.23. The van der Waals surface area contributed by atoms with Gasteiger partial charge in [-0.05, 0) is 56.1 Å². The first-order valence-electron chi connectivity index (χ1n) is 7.32. The largest absolute Gasteiger partial charge is 0.323 e. The molecule has 1 aliphatic carbocycles. The third kappa shape index (κ3) is 3.26. The highest BCUT2D eigenvalue weighted by molar-refractivity contribution is 7.80. The predicted octanol–water partition coefficient (Wildman–Crippen LogP) is 3.54. The number of fused-ring (bicyclic) bond motifs is 1. The van der Waals surface area contributed by atoms with Gasteiger partial charge in [0.15, 0.2) is 5.11 Å². The Labute approximate surface area is 144 Å². The summed E-state index contributed by atoms with van der Waals surface area (Å²) < 4.78 is 0. The number of hydrogen-bond acceptors (Lipinski definition) is 4. The molecule has 2 aromatic rings. The zero-order chi connectivity index (χ0) is 16.4. The summed E-state index contributed by atoms with van der Waals surface area (Å²) in [5, 5.41) is 16.0. The second-order valence-electron chi connectivity index (χ2n) is 5.45. The molecule has 1 heterocycles. The van der Waals surface area contributed by atoms with E-state index in [1.807, 2.05) is 19.1 Å². The van der Waals surface area contributed by atoms with Crippen LogP contribution in [0, 0.1) is 18.3 Å². The minimum atomic E-state index is -0.259. The third-order valence-corrected chi connectivity index (χ3v) is 5.21. The summed E-state index contributed by atoms with van der Waals surface area (Å²) in [7, 11) is 0. The van der Waals surface area contributed by atoms with Crippen molar-refractivity contribution in [3.8, 4) is 6.07 Å². The van der Waals surface area contributed by atoms with E-state index in [0.717, 1.165) is 35.4 Å². The molecule has 0 saturated carbocycles. The first-order valence-corrected chi connectivity index (χ1v) is 8.54. The van der Waals surface area contributed by atoms with Gasteiger partial charge in [-0.15, -0.1) is 11.3 Å². The van der Waals surface area contributed by atoms with Gasteiger partial charge in [0.2, 0.25) is 0 Å². The summed E-state index contributed by atoms with van der Waals surface area (Å²) in [6.45, 7) is 1.97. The molecule has 0 aliphatic heterocycles. The molecule has 6 heteroatoms. The number of nitrogens with one attached hydrogen (secondary N) is 2. The van der Waals surface area contributed by atoms with E-state index in [4.69, 9.17) is 12.2 Å². The quantitative estimate of drug-likeness (QED) is 0.820. The van der Waals surface area contributed by atoms with Crippen molar-refractivity contribution in [2.75, 3.05) is 5.32 Å². The molecule has 2 N–H and O–H groups in total. The van der Waals surface area contributed by atoms with Crippen molar-refractivity contribution >= 4 is 39.6 Å². The van der Waals surface area contributed by atoms with Crippen LogP contribution in [0.1, 0.15) is 38.3 Å². The molecular formula is C17H15N3OS2. The fraction of sp³-hybridized carbons (Fsp3) is 0.235. The number of nitriles is 1. The fourth-order valence-corrected chi connectivity index (χ4v) is 4.13. The molecule has 0 saturated heterocycles. The van der Waals surface area contributed by atoms with Crippen molar-refractivity contribution in [1.29, 1.82) is 5.26 Å². The third-order valence-electron chi connectivity index (χ3n) is 3.80. The molecule has 1 aromatic carbocycles. The maximum absolute atomic E-state index is 12.2. The Morgan fingerprint density at radius 2 is 2.04 bits per heavy atom. The number of thiophene rings is 1. The van der Waals surface area contributed by atoms with Gasteiger partial charge in [0.05, 0.1) is 5.56 Å². The van der Waals surface area contributed by atoms with Crippen molar-refractivity contribution in [2.45, 2.75) is 26.2 Å². The van der Waals surface area contributed by atoms with Gasteiger partial charge in [-0.25, -0.2) is 0 Å². The first-order chi connectivity index (χ1) is 11.1. The number of benzene rings is 1. The molecule has 0 atom stereocenters. The second-order valence-corrected chi connectivity index (χ2v) is 6.96. The maximum atomic E-state index is 12.2. The van der Waals surface area contributed by atoms with Gasteiger partial charge in [-0.3, -0.25) is 10.1 Å². The van der Waals surface area contributed by atoms with Crippen molar-refractivity contribution in [3.63, 3.8) is 0 Å². The number of nitrogens with zero attached hydrogens (tertiary/aromatic N) is 1. The average Bonchev–Trinajstić information content (AvgIpc) is 3.08. The van der Waals surface area contributed by atoms with Gasteiger partial charge < -0.3 is 5.32 Å². The number of hydrogen-bond donors (Lipinski definition) is 2. The van der Waals surface area contributed by atoms with Crippen LogP contribution in [0.4, 0.5) is 5.00 Å². The molecule has 0 radical (unpaired) electrons. The smallest absolute Gasteiger partial charge is 0.257 e. The van der Waals surface area contributed by atoms with Crippen LogP contribution in [0.15, 0.2) is 24.3 Å². The molecular weight excluding hydrogens is 326 g/mol. The Bertz CT molecular complexity index is 816. The Kier molecular flexibility index (Phi) is 4.42. The molecule has 0 fully saturated rings. The Morgan fingerprint density at radius 3 is 2.74 bits per heavy atom. The summed E-state index contributed by atoms with van der Waals surface area (Å²) in [6.07, 6.45) is 3.06. The lowest BCUT2D eigenvalue weighted by Gasteiger charge is -2.09. The van der Waals surface area contributed by atoms with E-state index in [9.17, 15) is 10.1 Å². The zero-order valence-electron chi connectivity index (χ0n) is 12.6. The van der Waals surface area contributed by atoms with Gasteiger partial charge >= 0.3 is 0 Å². The molecule has 1 aromatic heterocycles. The number of thiocarbonyl (C=S) groups is 1. The van der Waals surface area contributed by atoms with Crippen molar-refractivity contribution in [2.24, 2.45) is 0 Å². The molecule has 116 valence electrons. The van der Waals surface area contributed by atoms with E-state index in [0.29, 0.717) is 11.1 Å². The highest BCUT2D eigenvalue weighted by atomic mass is 32.1. The van der Waals surface area contributed by atoms with E-state index in [2.05, 4.69) is 16.7 Å². The number of anilines is 1. The molecule has 4 nitrogen and oxygen atoms in total. The standard InChI is InChI=1S/C17H15N3OS2/c1-10-5-7-11(8-6-10)15(21)19-17(22)20-16-13(9-18)12-3-2-4-14(12)23-16/h5-8H,2-4H2,1H3,(H2,19,20,21,22). The number of carbonyl (C=O) groups excluding carboxylic acids is 1. The maximum Gasteiger partial charge on any atom is 0.257 e. The predicted molar refractivity (Wildman–Crippen MR) is 95.9 cm³/mol. The lowest BCUT2D eigenvalue weighted by Crippen LogP contribution is -2.34. The first kappa shape index (κ1) is 15.7. The minimum absolute atomic E-state index is 0.215. The van der Waals surface area contributed by atoms with Crippen molar-refractivity contribution < 1.29 is 4.79 Å². The van der Waals surface area contributed by atoms with Crippen LogP contribution in [-0.4, -0.2) is 11.0 Å². The highest BCUT2D eigenvalue weighted by Gasteiger charge is 2.22. The monoisotopic (exact) mass is 341 g/mol. The molecule has 23 heavy (non-hydrogen) atoms. The summed E-state index contributed by atoms with van der Waals surface area (Å²) >= 11 is 6.76. The van der Waals surface area contributed by atoms with Crippen LogP contribution in [0.2, 0.25) is 0 Å². The lowest BCUT2D eigenvalue weighted by atomic mass is 10.1. The zero-order valence-corrected chi connectivity index (χ0v) is 14.2. The van der Waals surface area contributed by atoms with Gasteiger partial charge in [0, 0.05) is 10.4 Å². The van der Waals surface area contributed by atoms with Gasteiger partial charge in [-0.2, -0.15) is 5.26 Å².